The lowest BCUT2D eigenvalue weighted by Crippen LogP contribution is -2.23. The van der Waals surface area contributed by atoms with Crippen LogP contribution in [-0.2, 0) is 21.3 Å². The number of nitrogens with zero attached hydrogens (tertiary/aromatic N) is 1. The number of halogens is 1. The average molecular weight is 373 g/mol. The van der Waals surface area contributed by atoms with E-state index in [1.54, 1.807) is 30.3 Å². The summed E-state index contributed by atoms with van der Waals surface area (Å²) in [7, 11) is 0.403. The van der Waals surface area contributed by atoms with Crippen LogP contribution in [0.1, 0.15) is 16.1 Å². The highest BCUT2D eigenvalue weighted by molar-refractivity contribution is 7.89. The number of hydrogen-bond donors (Lipinski definition) is 1. The van der Waals surface area contributed by atoms with E-state index in [1.165, 1.54) is 26.3 Å². The van der Waals surface area contributed by atoms with Crippen LogP contribution in [0.15, 0.2) is 39.8 Å². The first-order valence-corrected chi connectivity index (χ1v) is 8.75. The van der Waals surface area contributed by atoms with Crippen LogP contribution < -0.4 is 9.62 Å². The predicted molar refractivity (Wildman–Crippen MR) is 89.9 cm³/mol. The molecule has 1 heterocycles. The van der Waals surface area contributed by atoms with Crippen LogP contribution in [0.4, 0.5) is 5.69 Å². The molecule has 0 bridgehead atoms. The molecule has 0 fully saturated rings. The Morgan fingerprint density at radius 1 is 1.42 bits per heavy atom. The molecule has 0 saturated heterocycles. The molecule has 0 aliphatic carbocycles. The van der Waals surface area contributed by atoms with E-state index in [0.29, 0.717) is 18.0 Å². The number of methoxy groups -OCH3 is 1. The van der Waals surface area contributed by atoms with Gasteiger partial charge in [-0.2, -0.15) is 0 Å². The molecule has 9 heteroatoms. The minimum Gasteiger partial charge on any atom is -0.467 e. The Bertz CT molecular complexity index is 834. The molecule has 0 saturated carbocycles. The maximum Gasteiger partial charge on any atom is 0.340 e. The molecule has 1 aromatic carbocycles. The number of hydrogen-bond acceptors (Lipinski definition) is 6. The Balaban J connectivity index is 2.54. The second-order valence-corrected chi connectivity index (χ2v) is 7.20. The molecular formula is C15H17ClN2O5S. The third kappa shape index (κ3) is 3.72. The van der Waals surface area contributed by atoms with E-state index in [0.717, 1.165) is 0 Å². The first-order valence-electron chi connectivity index (χ1n) is 6.89. The first kappa shape index (κ1) is 18.3. The topological polar surface area (TPSA) is 88.8 Å². The molecule has 1 aromatic heterocycles. The minimum atomic E-state index is -3.81. The highest BCUT2D eigenvalue weighted by Crippen LogP contribution is 2.31. The fraction of sp³-hybridized carbons (Fsp3) is 0.267. The van der Waals surface area contributed by atoms with Crippen molar-refractivity contribution in [3.63, 3.8) is 0 Å². The number of ether oxygens (including phenoxy) is 1. The second-order valence-electron chi connectivity index (χ2n) is 4.93. The Hall–Kier alpha value is -2.03. The number of sulfonamides is 1. The number of carbonyl (C=O) groups excluding carboxylic acids is 1. The standard InChI is InChI=1S/C15H17ClN2O5S/c1-17-24(20,21)14-7-11(15(19)22-3)13(8-12(14)16)18(2)9-10-5-4-6-23-10/h4-8,17H,9H2,1-3H3. The van der Waals surface area contributed by atoms with Crippen molar-refractivity contribution in [1.29, 1.82) is 0 Å². The molecule has 0 spiro atoms. The first-order chi connectivity index (χ1) is 11.3. The van der Waals surface area contributed by atoms with Gasteiger partial charge in [-0.3, -0.25) is 0 Å². The van der Waals surface area contributed by atoms with E-state index >= 15 is 0 Å². The van der Waals surface area contributed by atoms with Crippen molar-refractivity contribution in [2.75, 3.05) is 26.1 Å². The van der Waals surface area contributed by atoms with Gasteiger partial charge in [0.15, 0.2) is 0 Å². The third-order valence-corrected chi connectivity index (χ3v) is 5.28. The van der Waals surface area contributed by atoms with Crippen molar-refractivity contribution in [3.05, 3.63) is 46.9 Å². The number of furan rings is 1. The number of benzene rings is 1. The second kappa shape index (κ2) is 7.25. The molecule has 0 atom stereocenters. The summed E-state index contributed by atoms with van der Waals surface area (Å²) in [6.45, 7) is 0.367. The van der Waals surface area contributed by atoms with Gasteiger partial charge in [0.05, 0.1) is 36.2 Å². The van der Waals surface area contributed by atoms with Crippen molar-refractivity contribution < 1.29 is 22.4 Å². The average Bonchev–Trinajstić information content (AvgIpc) is 3.06. The van der Waals surface area contributed by atoms with Crippen LogP contribution in [0, 0.1) is 0 Å². The predicted octanol–water partition coefficient (Wildman–Crippen LogP) is 2.26. The van der Waals surface area contributed by atoms with E-state index in [1.807, 2.05) is 0 Å². The molecule has 24 heavy (non-hydrogen) atoms. The molecule has 0 radical (unpaired) electrons. The van der Waals surface area contributed by atoms with Crippen LogP contribution in [0.2, 0.25) is 5.02 Å². The fourth-order valence-corrected chi connectivity index (χ4v) is 3.44. The summed E-state index contributed by atoms with van der Waals surface area (Å²) in [6.07, 6.45) is 1.54. The van der Waals surface area contributed by atoms with Gasteiger partial charge in [-0.15, -0.1) is 0 Å². The van der Waals surface area contributed by atoms with Crippen LogP contribution in [-0.4, -0.2) is 35.6 Å². The largest absolute Gasteiger partial charge is 0.467 e. The molecule has 2 aromatic rings. The number of rotatable bonds is 6. The monoisotopic (exact) mass is 372 g/mol. The Labute approximate surface area is 145 Å². The van der Waals surface area contributed by atoms with Crippen molar-refractivity contribution in [2.45, 2.75) is 11.4 Å². The van der Waals surface area contributed by atoms with E-state index < -0.39 is 16.0 Å². The molecule has 7 nitrogen and oxygen atoms in total. The zero-order valence-corrected chi connectivity index (χ0v) is 14.9. The summed E-state index contributed by atoms with van der Waals surface area (Å²) in [5.41, 5.74) is 0.517. The Morgan fingerprint density at radius 3 is 2.67 bits per heavy atom. The van der Waals surface area contributed by atoms with Gasteiger partial charge >= 0.3 is 5.97 Å². The lowest BCUT2D eigenvalue weighted by atomic mass is 10.1. The van der Waals surface area contributed by atoms with E-state index in [-0.39, 0.29) is 15.5 Å². The third-order valence-electron chi connectivity index (χ3n) is 3.40. The van der Waals surface area contributed by atoms with Crippen LogP contribution in [0.5, 0.6) is 0 Å². The zero-order chi connectivity index (χ0) is 17.9. The maximum absolute atomic E-state index is 12.1. The molecular weight excluding hydrogens is 356 g/mol. The summed E-state index contributed by atoms with van der Waals surface area (Å²) < 4.78 is 36.3. The van der Waals surface area contributed by atoms with Crippen molar-refractivity contribution in [2.24, 2.45) is 0 Å². The van der Waals surface area contributed by atoms with Crippen molar-refractivity contribution in [1.82, 2.24) is 4.72 Å². The number of anilines is 1. The molecule has 1 N–H and O–H groups in total. The summed E-state index contributed by atoms with van der Waals surface area (Å²) in [6, 6.07) is 6.16. The normalized spacial score (nSPS) is 11.3. The van der Waals surface area contributed by atoms with Gasteiger partial charge in [0.25, 0.3) is 0 Å². The van der Waals surface area contributed by atoms with Gasteiger partial charge in [0, 0.05) is 7.05 Å². The van der Waals surface area contributed by atoms with Gasteiger partial charge < -0.3 is 14.1 Å². The summed E-state index contributed by atoms with van der Waals surface area (Å²) in [5, 5.41) is -0.00158. The zero-order valence-electron chi connectivity index (χ0n) is 13.4. The number of carbonyl (C=O) groups is 1. The van der Waals surface area contributed by atoms with Gasteiger partial charge in [0.2, 0.25) is 10.0 Å². The van der Waals surface area contributed by atoms with Crippen molar-refractivity contribution >= 4 is 33.3 Å². The quantitative estimate of drug-likeness (QED) is 0.782. The summed E-state index contributed by atoms with van der Waals surface area (Å²) >= 11 is 6.12. The Morgan fingerprint density at radius 2 is 2.12 bits per heavy atom. The smallest absolute Gasteiger partial charge is 0.340 e. The molecule has 130 valence electrons. The summed E-state index contributed by atoms with van der Waals surface area (Å²) in [4.78, 5) is 13.6. The minimum absolute atomic E-state index is 0.00158. The fourth-order valence-electron chi connectivity index (χ4n) is 2.17. The lowest BCUT2D eigenvalue weighted by Gasteiger charge is -2.22. The Kier molecular flexibility index (Phi) is 5.53. The van der Waals surface area contributed by atoms with Gasteiger partial charge in [-0.25, -0.2) is 17.9 Å². The molecule has 2 rings (SSSR count). The highest BCUT2D eigenvalue weighted by Gasteiger charge is 2.24. The van der Waals surface area contributed by atoms with Crippen LogP contribution in [0.3, 0.4) is 0 Å². The van der Waals surface area contributed by atoms with Gasteiger partial charge in [0.1, 0.15) is 10.7 Å². The molecule has 0 aliphatic rings. The molecule has 0 unspecified atom stereocenters. The maximum atomic E-state index is 12.1. The van der Waals surface area contributed by atoms with E-state index in [9.17, 15) is 13.2 Å². The highest BCUT2D eigenvalue weighted by atomic mass is 35.5. The van der Waals surface area contributed by atoms with Crippen molar-refractivity contribution in [3.8, 4) is 0 Å². The van der Waals surface area contributed by atoms with E-state index in [4.69, 9.17) is 20.8 Å². The van der Waals surface area contributed by atoms with Gasteiger partial charge in [-0.1, -0.05) is 11.6 Å². The lowest BCUT2D eigenvalue weighted by molar-refractivity contribution is 0.0601. The number of nitrogens with one attached hydrogen (secondary N) is 1. The van der Waals surface area contributed by atoms with Crippen LogP contribution >= 0.6 is 11.6 Å². The molecule has 0 aliphatic heterocycles. The van der Waals surface area contributed by atoms with Gasteiger partial charge in [-0.05, 0) is 31.3 Å². The SMILES string of the molecule is CNS(=O)(=O)c1cc(C(=O)OC)c(N(C)Cc2ccco2)cc1Cl. The number of esters is 1. The van der Waals surface area contributed by atoms with E-state index in [2.05, 4.69) is 4.72 Å². The van der Waals surface area contributed by atoms with Crippen LogP contribution in [0.25, 0.3) is 0 Å². The molecule has 0 amide bonds. The summed E-state index contributed by atoms with van der Waals surface area (Å²) in [5.74, 6) is 0.0110.